The highest BCUT2D eigenvalue weighted by molar-refractivity contribution is 5.90. The molecule has 0 aromatic carbocycles. The minimum absolute atomic E-state index is 0.115. The summed E-state index contributed by atoms with van der Waals surface area (Å²) in [7, 11) is 0. The fourth-order valence-corrected chi connectivity index (χ4v) is 1.03. The molecule has 0 saturated heterocycles. The number of hydrogen-bond acceptors (Lipinski definition) is 4. The molecular weight excluding hydrogens is 208 g/mol. The van der Waals surface area contributed by atoms with E-state index < -0.39 is 5.60 Å². The second-order valence-corrected chi connectivity index (χ2v) is 3.99. The number of carbonyl (C=O) groups is 1. The van der Waals surface area contributed by atoms with Gasteiger partial charge >= 0.3 is 0 Å². The van der Waals surface area contributed by atoms with E-state index in [4.69, 9.17) is 0 Å². The van der Waals surface area contributed by atoms with Gasteiger partial charge in [-0.2, -0.15) is 0 Å². The topological polar surface area (TPSA) is 90.9 Å². The summed E-state index contributed by atoms with van der Waals surface area (Å²) in [5, 5.41) is 18.7. The number of hydrogen-bond donors (Lipinski definition) is 3. The van der Waals surface area contributed by atoms with Gasteiger partial charge in [0.15, 0.2) is 0 Å². The third-order valence-electron chi connectivity index (χ3n) is 2.46. The fourth-order valence-electron chi connectivity index (χ4n) is 1.03. The van der Waals surface area contributed by atoms with E-state index in [1.807, 2.05) is 13.8 Å². The molecule has 1 atom stereocenters. The van der Waals surface area contributed by atoms with Crippen molar-refractivity contribution in [3.05, 3.63) is 11.6 Å². The van der Waals surface area contributed by atoms with Crippen LogP contribution in [-0.2, 0) is 6.42 Å². The van der Waals surface area contributed by atoms with Crippen LogP contribution in [0.2, 0.25) is 0 Å². The van der Waals surface area contributed by atoms with Crippen LogP contribution in [0.25, 0.3) is 0 Å². The van der Waals surface area contributed by atoms with E-state index in [0.717, 1.165) is 0 Å². The number of aryl methyl sites for hydroxylation is 1. The van der Waals surface area contributed by atoms with Crippen LogP contribution < -0.4 is 5.32 Å². The first kappa shape index (κ1) is 12.6. The molecule has 1 rings (SSSR count). The summed E-state index contributed by atoms with van der Waals surface area (Å²) >= 11 is 0. The Morgan fingerprint density at radius 3 is 2.75 bits per heavy atom. The molecule has 0 aliphatic rings. The molecule has 0 aliphatic heterocycles. The average molecular weight is 226 g/mol. The van der Waals surface area contributed by atoms with Gasteiger partial charge in [0, 0.05) is 13.0 Å². The zero-order valence-corrected chi connectivity index (χ0v) is 9.87. The van der Waals surface area contributed by atoms with E-state index in [1.165, 1.54) is 0 Å². The lowest BCUT2D eigenvalue weighted by molar-refractivity contribution is 0.0515. The summed E-state index contributed by atoms with van der Waals surface area (Å²) in [4.78, 5) is 15.6. The maximum atomic E-state index is 11.6. The van der Waals surface area contributed by atoms with Gasteiger partial charge in [-0.3, -0.25) is 9.89 Å². The Labute approximate surface area is 94.5 Å². The predicted octanol–water partition coefficient (Wildman–Crippen LogP) is 0.258. The number of nitrogens with zero attached hydrogens (tertiary/aromatic N) is 2. The van der Waals surface area contributed by atoms with Crippen molar-refractivity contribution in [1.82, 2.24) is 20.5 Å². The van der Waals surface area contributed by atoms with Crippen LogP contribution in [0.4, 0.5) is 0 Å². The molecule has 0 bridgehead atoms. The summed E-state index contributed by atoms with van der Waals surface area (Å²) in [6.07, 6.45) is 1.27. The number of aromatic amines is 1. The van der Waals surface area contributed by atoms with Crippen LogP contribution in [0.1, 0.15) is 43.6 Å². The zero-order chi connectivity index (χ0) is 12.2. The van der Waals surface area contributed by atoms with Gasteiger partial charge in [-0.15, -0.1) is 5.10 Å². The minimum Gasteiger partial charge on any atom is -0.388 e. The van der Waals surface area contributed by atoms with Gasteiger partial charge < -0.3 is 10.4 Å². The normalized spacial score (nSPS) is 14.5. The molecular formula is C10H18N4O2. The second-order valence-electron chi connectivity index (χ2n) is 3.99. The molecule has 16 heavy (non-hydrogen) atoms. The van der Waals surface area contributed by atoms with Crippen molar-refractivity contribution < 1.29 is 9.90 Å². The lowest BCUT2D eigenvalue weighted by Gasteiger charge is -2.20. The van der Waals surface area contributed by atoms with Crippen LogP contribution in [0.15, 0.2) is 0 Å². The molecule has 1 amide bonds. The molecule has 1 aromatic rings. The van der Waals surface area contributed by atoms with Gasteiger partial charge in [-0.1, -0.05) is 13.8 Å². The molecule has 1 aromatic heterocycles. The first-order chi connectivity index (χ1) is 7.48. The molecule has 0 radical (unpaired) electrons. The lowest BCUT2D eigenvalue weighted by Crippen LogP contribution is -2.40. The van der Waals surface area contributed by atoms with Crippen LogP contribution in [0, 0.1) is 0 Å². The zero-order valence-electron chi connectivity index (χ0n) is 9.87. The maximum absolute atomic E-state index is 11.6. The highest BCUT2D eigenvalue weighted by atomic mass is 16.3. The number of carbonyl (C=O) groups excluding carboxylic acids is 1. The molecule has 1 unspecified atom stereocenters. The molecule has 1 heterocycles. The van der Waals surface area contributed by atoms with Crippen molar-refractivity contribution in [3.8, 4) is 0 Å². The number of aliphatic hydroxyl groups is 1. The Kier molecular flexibility index (Phi) is 4.00. The molecule has 0 spiro atoms. The van der Waals surface area contributed by atoms with Crippen LogP contribution >= 0.6 is 0 Å². The molecule has 0 aliphatic carbocycles. The van der Waals surface area contributed by atoms with E-state index in [0.29, 0.717) is 18.7 Å². The SMILES string of the molecule is CCc1nc(C(=O)NCC(C)(O)CC)n[nH]1. The summed E-state index contributed by atoms with van der Waals surface area (Å²) < 4.78 is 0. The Morgan fingerprint density at radius 1 is 1.56 bits per heavy atom. The van der Waals surface area contributed by atoms with Crippen molar-refractivity contribution in [2.24, 2.45) is 0 Å². The average Bonchev–Trinajstić information content (AvgIpc) is 2.74. The lowest BCUT2D eigenvalue weighted by atomic mass is 10.0. The fraction of sp³-hybridized carbons (Fsp3) is 0.700. The second kappa shape index (κ2) is 5.07. The van der Waals surface area contributed by atoms with Crippen molar-refractivity contribution in [1.29, 1.82) is 0 Å². The van der Waals surface area contributed by atoms with Gasteiger partial charge in [0.1, 0.15) is 5.82 Å². The van der Waals surface area contributed by atoms with Crippen molar-refractivity contribution in [2.45, 2.75) is 39.2 Å². The number of rotatable bonds is 5. The highest BCUT2D eigenvalue weighted by Crippen LogP contribution is 2.06. The summed E-state index contributed by atoms with van der Waals surface area (Å²) in [5.41, 5.74) is -0.889. The molecule has 6 heteroatoms. The Morgan fingerprint density at radius 2 is 2.25 bits per heavy atom. The monoisotopic (exact) mass is 226 g/mol. The van der Waals surface area contributed by atoms with Gasteiger partial charge in [0.05, 0.1) is 5.60 Å². The van der Waals surface area contributed by atoms with Crippen molar-refractivity contribution in [3.63, 3.8) is 0 Å². The van der Waals surface area contributed by atoms with Crippen molar-refractivity contribution in [2.75, 3.05) is 6.54 Å². The van der Waals surface area contributed by atoms with E-state index in [9.17, 15) is 9.90 Å². The number of aromatic nitrogens is 3. The Hall–Kier alpha value is -1.43. The van der Waals surface area contributed by atoms with Crippen LogP contribution in [-0.4, -0.2) is 38.3 Å². The smallest absolute Gasteiger partial charge is 0.291 e. The number of H-pyrrole nitrogens is 1. The first-order valence-electron chi connectivity index (χ1n) is 5.40. The van der Waals surface area contributed by atoms with E-state index in [2.05, 4.69) is 20.5 Å². The number of nitrogens with one attached hydrogen (secondary N) is 2. The minimum atomic E-state index is -0.889. The predicted molar refractivity (Wildman–Crippen MR) is 59.0 cm³/mol. The molecule has 3 N–H and O–H groups in total. The third-order valence-corrected chi connectivity index (χ3v) is 2.46. The summed E-state index contributed by atoms with van der Waals surface area (Å²) in [5.74, 6) is 0.417. The molecule has 6 nitrogen and oxygen atoms in total. The van der Waals surface area contributed by atoms with Gasteiger partial charge in [-0.25, -0.2) is 4.98 Å². The molecule has 0 fully saturated rings. The van der Waals surface area contributed by atoms with E-state index in [1.54, 1.807) is 6.92 Å². The van der Waals surface area contributed by atoms with Crippen LogP contribution in [0.3, 0.4) is 0 Å². The maximum Gasteiger partial charge on any atom is 0.291 e. The Bertz CT molecular complexity index is 359. The van der Waals surface area contributed by atoms with Crippen molar-refractivity contribution >= 4 is 5.91 Å². The third kappa shape index (κ3) is 3.30. The van der Waals surface area contributed by atoms with Crippen LogP contribution in [0.5, 0.6) is 0 Å². The summed E-state index contributed by atoms with van der Waals surface area (Å²) in [6.45, 7) is 5.64. The highest BCUT2D eigenvalue weighted by Gasteiger charge is 2.20. The van der Waals surface area contributed by atoms with Gasteiger partial charge in [0.25, 0.3) is 5.91 Å². The van der Waals surface area contributed by atoms with Gasteiger partial charge in [0.2, 0.25) is 5.82 Å². The largest absolute Gasteiger partial charge is 0.388 e. The Balaban J connectivity index is 2.53. The molecule has 90 valence electrons. The summed E-state index contributed by atoms with van der Waals surface area (Å²) in [6, 6.07) is 0. The first-order valence-corrected chi connectivity index (χ1v) is 5.40. The standard InChI is InChI=1S/C10H18N4O2/c1-4-7-12-8(14-13-7)9(15)11-6-10(3,16)5-2/h16H,4-6H2,1-3H3,(H,11,15)(H,12,13,14). The quantitative estimate of drug-likeness (QED) is 0.671. The molecule has 0 saturated carbocycles. The van der Waals surface area contributed by atoms with E-state index in [-0.39, 0.29) is 18.3 Å². The number of amides is 1. The van der Waals surface area contributed by atoms with Gasteiger partial charge in [-0.05, 0) is 13.3 Å². The van der Waals surface area contributed by atoms with E-state index >= 15 is 0 Å².